The van der Waals surface area contributed by atoms with Crippen molar-refractivity contribution >= 4 is 23.0 Å². The van der Waals surface area contributed by atoms with Gasteiger partial charge >= 0.3 is 0 Å². The molecular weight excluding hydrogens is 236 g/mol. The number of hydrogen-bond acceptors (Lipinski definition) is 5. The molecule has 1 saturated heterocycles. The molecule has 1 atom stereocenters. The summed E-state index contributed by atoms with van der Waals surface area (Å²) in [6, 6.07) is 1.97. The topological polar surface area (TPSA) is 64.3 Å². The van der Waals surface area contributed by atoms with Gasteiger partial charge in [-0.25, -0.2) is 9.97 Å². The highest BCUT2D eigenvalue weighted by atomic mass is 32.1. The number of aromatic nitrogens is 2. The zero-order valence-corrected chi connectivity index (χ0v) is 10.8. The van der Waals surface area contributed by atoms with Crippen molar-refractivity contribution in [1.29, 1.82) is 0 Å². The van der Waals surface area contributed by atoms with Gasteiger partial charge in [-0.05, 0) is 13.8 Å². The highest BCUT2D eigenvalue weighted by Crippen LogP contribution is 2.16. The van der Waals surface area contributed by atoms with Gasteiger partial charge in [0, 0.05) is 18.3 Å². The van der Waals surface area contributed by atoms with Crippen molar-refractivity contribution in [3.63, 3.8) is 0 Å². The first-order valence-electron chi connectivity index (χ1n) is 5.54. The molecule has 0 amide bonds. The summed E-state index contributed by atoms with van der Waals surface area (Å²) in [5.41, 5.74) is 6.58. The van der Waals surface area contributed by atoms with Crippen LogP contribution in [0.15, 0.2) is 6.07 Å². The Morgan fingerprint density at radius 3 is 2.94 bits per heavy atom. The van der Waals surface area contributed by atoms with Crippen molar-refractivity contribution in [2.45, 2.75) is 20.0 Å². The van der Waals surface area contributed by atoms with E-state index in [0.29, 0.717) is 18.1 Å². The number of aryl methyl sites for hydroxylation is 2. The number of rotatable bonds is 2. The van der Waals surface area contributed by atoms with Gasteiger partial charge in [0.15, 0.2) is 0 Å². The number of morpholine rings is 1. The average Bonchev–Trinajstić information content (AvgIpc) is 2.28. The van der Waals surface area contributed by atoms with Gasteiger partial charge in [-0.15, -0.1) is 0 Å². The van der Waals surface area contributed by atoms with Crippen LogP contribution in [0.2, 0.25) is 0 Å². The molecule has 6 heteroatoms. The highest BCUT2D eigenvalue weighted by Gasteiger charge is 2.23. The number of nitrogens with zero attached hydrogens (tertiary/aromatic N) is 3. The number of thiocarbonyl (C=S) groups is 1. The second-order valence-electron chi connectivity index (χ2n) is 4.12. The van der Waals surface area contributed by atoms with Crippen LogP contribution in [0.5, 0.6) is 0 Å². The predicted molar refractivity (Wildman–Crippen MR) is 70.2 cm³/mol. The summed E-state index contributed by atoms with van der Waals surface area (Å²) in [5.74, 6) is 1.69. The Hall–Kier alpha value is -1.27. The van der Waals surface area contributed by atoms with Crippen LogP contribution in [-0.4, -0.2) is 40.8 Å². The monoisotopic (exact) mass is 252 g/mol. The fourth-order valence-corrected chi connectivity index (χ4v) is 2.03. The first-order chi connectivity index (χ1) is 8.06. The second-order valence-corrected chi connectivity index (χ2v) is 4.59. The third-order valence-electron chi connectivity index (χ3n) is 2.66. The van der Waals surface area contributed by atoms with E-state index in [0.717, 1.165) is 23.9 Å². The van der Waals surface area contributed by atoms with Crippen molar-refractivity contribution in [3.05, 3.63) is 17.6 Å². The molecule has 5 nitrogen and oxygen atoms in total. The molecule has 0 spiro atoms. The van der Waals surface area contributed by atoms with Gasteiger partial charge in [0.05, 0.1) is 13.2 Å². The Balaban J connectivity index is 2.18. The minimum atomic E-state index is -0.186. The van der Waals surface area contributed by atoms with E-state index in [1.165, 1.54) is 0 Å². The van der Waals surface area contributed by atoms with E-state index in [4.69, 9.17) is 22.7 Å². The smallest absolute Gasteiger partial charge is 0.132 e. The Morgan fingerprint density at radius 2 is 2.29 bits per heavy atom. The van der Waals surface area contributed by atoms with Crippen LogP contribution < -0.4 is 10.6 Å². The van der Waals surface area contributed by atoms with Crippen LogP contribution in [0, 0.1) is 13.8 Å². The highest BCUT2D eigenvalue weighted by molar-refractivity contribution is 7.80. The Morgan fingerprint density at radius 1 is 1.53 bits per heavy atom. The molecular formula is C11H16N4OS. The molecule has 1 unspecified atom stereocenters. The standard InChI is InChI=1S/C11H16N4OS/c1-7-5-10(14-8(2)13-7)15-3-4-16-9(6-15)11(12)17/h5,9H,3-4,6H2,1-2H3,(H2,12,17). The molecule has 0 radical (unpaired) electrons. The minimum Gasteiger partial charge on any atom is -0.391 e. The normalized spacial score (nSPS) is 20.4. The lowest BCUT2D eigenvalue weighted by molar-refractivity contribution is 0.0844. The molecule has 2 N–H and O–H groups in total. The second kappa shape index (κ2) is 4.93. The summed E-state index contributed by atoms with van der Waals surface area (Å²) in [5, 5.41) is 0. The summed E-state index contributed by atoms with van der Waals surface area (Å²) < 4.78 is 5.50. The zero-order chi connectivity index (χ0) is 12.4. The van der Waals surface area contributed by atoms with Crippen molar-refractivity contribution in [1.82, 2.24) is 9.97 Å². The summed E-state index contributed by atoms with van der Waals surface area (Å²) in [6.45, 7) is 5.93. The lowest BCUT2D eigenvalue weighted by Crippen LogP contribution is -2.48. The van der Waals surface area contributed by atoms with E-state index in [2.05, 4.69) is 14.9 Å². The Kier molecular flexibility index (Phi) is 3.54. The molecule has 1 aliphatic rings. The van der Waals surface area contributed by atoms with Gasteiger partial charge in [-0.2, -0.15) is 0 Å². The largest absolute Gasteiger partial charge is 0.391 e. The maximum Gasteiger partial charge on any atom is 0.132 e. The van der Waals surface area contributed by atoms with Gasteiger partial charge in [0.2, 0.25) is 0 Å². The van der Waals surface area contributed by atoms with Crippen LogP contribution in [0.1, 0.15) is 11.5 Å². The third-order valence-corrected chi connectivity index (χ3v) is 2.92. The SMILES string of the molecule is Cc1cc(N2CCOC(C(N)=S)C2)nc(C)n1. The summed E-state index contributed by atoms with van der Waals surface area (Å²) >= 11 is 4.96. The maximum absolute atomic E-state index is 5.61. The first-order valence-corrected chi connectivity index (χ1v) is 5.95. The van der Waals surface area contributed by atoms with E-state index < -0.39 is 0 Å². The number of ether oxygens (including phenoxy) is 1. The average molecular weight is 252 g/mol. The minimum absolute atomic E-state index is 0.186. The Bertz CT molecular complexity index is 417. The first kappa shape index (κ1) is 12.2. The van der Waals surface area contributed by atoms with Gasteiger partial charge in [0.25, 0.3) is 0 Å². The quantitative estimate of drug-likeness (QED) is 0.777. The van der Waals surface area contributed by atoms with Crippen molar-refractivity contribution in [2.24, 2.45) is 5.73 Å². The number of nitrogens with two attached hydrogens (primary N) is 1. The molecule has 1 fully saturated rings. The molecule has 0 bridgehead atoms. The van der Waals surface area contributed by atoms with Crippen LogP contribution in [0.4, 0.5) is 5.82 Å². The molecule has 1 aromatic rings. The van der Waals surface area contributed by atoms with Crippen LogP contribution in [-0.2, 0) is 4.74 Å². The lowest BCUT2D eigenvalue weighted by Gasteiger charge is -2.33. The zero-order valence-electron chi connectivity index (χ0n) is 10.0. The molecule has 0 saturated carbocycles. The third kappa shape index (κ3) is 2.89. The van der Waals surface area contributed by atoms with E-state index in [9.17, 15) is 0 Å². The van der Waals surface area contributed by atoms with Crippen molar-refractivity contribution in [2.75, 3.05) is 24.6 Å². The fraction of sp³-hybridized carbons (Fsp3) is 0.545. The van der Waals surface area contributed by atoms with Gasteiger partial charge in [-0.3, -0.25) is 0 Å². The maximum atomic E-state index is 5.61. The van der Waals surface area contributed by atoms with E-state index in [-0.39, 0.29) is 6.10 Å². The van der Waals surface area contributed by atoms with Crippen LogP contribution in [0.25, 0.3) is 0 Å². The van der Waals surface area contributed by atoms with E-state index >= 15 is 0 Å². The molecule has 0 aliphatic carbocycles. The van der Waals surface area contributed by atoms with Gasteiger partial charge in [0.1, 0.15) is 22.7 Å². The molecule has 2 heterocycles. The lowest BCUT2D eigenvalue weighted by atomic mass is 10.2. The van der Waals surface area contributed by atoms with Crippen LogP contribution >= 0.6 is 12.2 Å². The van der Waals surface area contributed by atoms with E-state index in [1.807, 2.05) is 19.9 Å². The predicted octanol–water partition coefficient (Wildman–Crippen LogP) is 0.585. The van der Waals surface area contributed by atoms with Gasteiger partial charge in [-0.1, -0.05) is 12.2 Å². The number of anilines is 1. The summed E-state index contributed by atoms with van der Waals surface area (Å²) in [4.78, 5) is 11.2. The molecule has 17 heavy (non-hydrogen) atoms. The van der Waals surface area contributed by atoms with Crippen molar-refractivity contribution < 1.29 is 4.74 Å². The van der Waals surface area contributed by atoms with Gasteiger partial charge < -0.3 is 15.4 Å². The summed E-state index contributed by atoms with van der Waals surface area (Å²) in [7, 11) is 0. The fourth-order valence-electron chi connectivity index (χ4n) is 1.89. The molecule has 2 rings (SSSR count). The van der Waals surface area contributed by atoms with E-state index in [1.54, 1.807) is 0 Å². The molecule has 0 aromatic carbocycles. The molecule has 1 aromatic heterocycles. The number of hydrogen-bond donors (Lipinski definition) is 1. The summed E-state index contributed by atoms with van der Waals surface area (Å²) in [6.07, 6.45) is -0.186. The van der Waals surface area contributed by atoms with Crippen molar-refractivity contribution in [3.8, 4) is 0 Å². The Labute approximate surface area is 106 Å². The van der Waals surface area contributed by atoms with Crippen LogP contribution in [0.3, 0.4) is 0 Å². The molecule has 1 aliphatic heterocycles. The molecule has 92 valence electrons.